The van der Waals surface area contributed by atoms with Crippen molar-refractivity contribution in [2.75, 3.05) is 0 Å². The van der Waals surface area contributed by atoms with Gasteiger partial charge in [-0.2, -0.15) is 0 Å². The molecule has 0 aromatic heterocycles. The summed E-state index contributed by atoms with van der Waals surface area (Å²) in [7, 11) is 0. The van der Waals surface area contributed by atoms with Crippen LogP contribution in [0.25, 0.3) is 6.08 Å². The van der Waals surface area contributed by atoms with Gasteiger partial charge in [-0.15, -0.1) is 0 Å². The first-order chi connectivity index (χ1) is 7.93. The normalized spacial score (nSPS) is 11.1. The molecule has 0 unspecified atom stereocenters. The molecule has 0 spiro atoms. The zero-order valence-electron chi connectivity index (χ0n) is 10.5. The van der Waals surface area contributed by atoms with Gasteiger partial charge in [0.2, 0.25) is 0 Å². The molecule has 0 N–H and O–H groups in total. The van der Waals surface area contributed by atoms with E-state index >= 15 is 0 Å². The molecular formula is C16H24. The van der Waals surface area contributed by atoms with E-state index in [0.717, 1.165) is 0 Å². The summed E-state index contributed by atoms with van der Waals surface area (Å²) in [5.41, 5.74) is 1.31. The molecule has 0 aliphatic carbocycles. The van der Waals surface area contributed by atoms with Crippen LogP contribution in [0.15, 0.2) is 36.4 Å². The van der Waals surface area contributed by atoms with Crippen LogP contribution < -0.4 is 0 Å². The SMILES string of the molecule is CCCCCCCC/C=C\c1ccccc1. The van der Waals surface area contributed by atoms with Crippen molar-refractivity contribution in [2.45, 2.75) is 51.9 Å². The van der Waals surface area contributed by atoms with Crippen LogP contribution in [0.2, 0.25) is 0 Å². The quantitative estimate of drug-likeness (QED) is 0.507. The number of hydrogen-bond acceptors (Lipinski definition) is 0. The standard InChI is InChI=1S/C16H24/c1-2-3-4-5-6-7-8-10-13-16-14-11-9-12-15-16/h9-15H,2-8H2,1H3/b13-10-. The third-order valence-electron chi connectivity index (χ3n) is 2.83. The first-order valence-corrected chi connectivity index (χ1v) is 6.65. The maximum atomic E-state index is 2.30. The molecule has 0 saturated heterocycles. The molecule has 1 aromatic carbocycles. The zero-order valence-corrected chi connectivity index (χ0v) is 10.5. The molecule has 0 radical (unpaired) electrons. The first-order valence-electron chi connectivity index (χ1n) is 6.65. The smallest absolute Gasteiger partial charge is 0.0260 e. The summed E-state index contributed by atoms with van der Waals surface area (Å²) in [6.45, 7) is 2.27. The van der Waals surface area contributed by atoms with Gasteiger partial charge in [-0.25, -0.2) is 0 Å². The van der Waals surface area contributed by atoms with Gasteiger partial charge in [0.15, 0.2) is 0 Å². The molecule has 0 bridgehead atoms. The van der Waals surface area contributed by atoms with E-state index in [1.165, 1.54) is 50.5 Å². The molecule has 0 aliphatic heterocycles. The summed E-state index contributed by atoms with van der Waals surface area (Å²) < 4.78 is 0. The Labute approximate surface area is 100 Å². The third-order valence-corrected chi connectivity index (χ3v) is 2.83. The Hall–Kier alpha value is -1.04. The van der Waals surface area contributed by atoms with Crippen LogP contribution in [-0.2, 0) is 0 Å². The molecule has 16 heavy (non-hydrogen) atoms. The molecule has 0 atom stereocenters. The summed E-state index contributed by atoms with van der Waals surface area (Å²) in [4.78, 5) is 0. The van der Waals surface area contributed by atoms with Crippen molar-refractivity contribution >= 4 is 6.08 Å². The second kappa shape index (κ2) is 9.21. The number of hydrogen-bond donors (Lipinski definition) is 0. The average Bonchev–Trinajstić information content (AvgIpc) is 2.34. The Balaban J connectivity index is 2.01. The lowest BCUT2D eigenvalue weighted by atomic mass is 10.1. The van der Waals surface area contributed by atoms with E-state index in [1.54, 1.807) is 0 Å². The van der Waals surface area contributed by atoms with E-state index in [9.17, 15) is 0 Å². The lowest BCUT2D eigenvalue weighted by Crippen LogP contribution is -1.77. The molecule has 0 saturated carbocycles. The molecule has 0 nitrogen and oxygen atoms in total. The van der Waals surface area contributed by atoms with Gasteiger partial charge in [-0.1, -0.05) is 81.5 Å². The van der Waals surface area contributed by atoms with E-state index in [4.69, 9.17) is 0 Å². The molecule has 0 fully saturated rings. The van der Waals surface area contributed by atoms with E-state index in [0.29, 0.717) is 0 Å². The molecule has 88 valence electrons. The Kier molecular flexibility index (Phi) is 7.49. The van der Waals surface area contributed by atoms with Crippen molar-refractivity contribution in [2.24, 2.45) is 0 Å². The van der Waals surface area contributed by atoms with E-state index in [1.807, 2.05) is 0 Å². The van der Waals surface area contributed by atoms with Crippen molar-refractivity contribution in [1.82, 2.24) is 0 Å². The zero-order chi connectivity index (χ0) is 11.5. The highest BCUT2D eigenvalue weighted by atomic mass is 13.9. The molecule has 0 amide bonds. The van der Waals surface area contributed by atoms with Crippen molar-refractivity contribution in [3.63, 3.8) is 0 Å². The minimum atomic E-state index is 1.22. The molecule has 0 aliphatic rings. The van der Waals surface area contributed by atoms with Crippen molar-refractivity contribution in [3.05, 3.63) is 42.0 Å². The summed E-state index contributed by atoms with van der Waals surface area (Å²) in [6.07, 6.45) is 14.0. The molecule has 0 heterocycles. The monoisotopic (exact) mass is 216 g/mol. The van der Waals surface area contributed by atoms with Gasteiger partial charge in [0.25, 0.3) is 0 Å². The van der Waals surface area contributed by atoms with Crippen molar-refractivity contribution in [1.29, 1.82) is 0 Å². The number of allylic oxidation sites excluding steroid dienone is 1. The maximum Gasteiger partial charge on any atom is -0.0260 e. The van der Waals surface area contributed by atoms with Crippen molar-refractivity contribution in [3.8, 4) is 0 Å². The van der Waals surface area contributed by atoms with Gasteiger partial charge in [-0.3, -0.25) is 0 Å². The highest BCUT2D eigenvalue weighted by molar-refractivity contribution is 5.48. The van der Waals surface area contributed by atoms with Gasteiger partial charge in [0.1, 0.15) is 0 Å². The Bertz CT molecular complexity index is 271. The van der Waals surface area contributed by atoms with E-state index < -0.39 is 0 Å². The summed E-state index contributed by atoms with van der Waals surface area (Å²) >= 11 is 0. The molecule has 1 aromatic rings. The Morgan fingerprint density at radius 2 is 1.56 bits per heavy atom. The summed E-state index contributed by atoms with van der Waals surface area (Å²) in [5.74, 6) is 0. The number of unbranched alkanes of at least 4 members (excludes halogenated alkanes) is 6. The van der Waals surface area contributed by atoms with Gasteiger partial charge < -0.3 is 0 Å². The second-order valence-electron chi connectivity index (χ2n) is 4.37. The van der Waals surface area contributed by atoms with Crippen LogP contribution in [0.4, 0.5) is 0 Å². The first kappa shape index (κ1) is 13.0. The third kappa shape index (κ3) is 6.44. The van der Waals surface area contributed by atoms with Crippen LogP contribution in [-0.4, -0.2) is 0 Å². The largest absolute Gasteiger partial charge is 0.0839 e. The van der Waals surface area contributed by atoms with E-state index in [-0.39, 0.29) is 0 Å². The number of rotatable bonds is 8. The number of benzene rings is 1. The van der Waals surface area contributed by atoms with Crippen LogP contribution in [0, 0.1) is 0 Å². The fraction of sp³-hybridized carbons (Fsp3) is 0.500. The van der Waals surface area contributed by atoms with Crippen LogP contribution >= 0.6 is 0 Å². The summed E-state index contributed by atoms with van der Waals surface area (Å²) in [5, 5.41) is 0. The molecule has 0 heteroatoms. The summed E-state index contributed by atoms with van der Waals surface area (Å²) in [6, 6.07) is 10.5. The average molecular weight is 216 g/mol. The van der Waals surface area contributed by atoms with E-state index in [2.05, 4.69) is 49.4 Å². The van der Waals surface area contributed by atoms with Crippen LogP contribution in [0.3, 0.4) is 0 Å². The van der Waals surface area contributed by atoms with Gasteiger partial charge in [0, 0.05) is 0 Å². The predicted octanol–water partition coefficient (Wildman–Crippen LogP) is 5.45. The fourth-order valence-electron chi connectivity index (χ4n) is 1.83. The van der Waals surface area contributed by atoms with Gasteiger partial charge in [0.05, 0.1) is 0 Å². The lowest BCUT2D eigenvalue weighted by molar-refractivity contribution is 0.611. The topological polar surface area (TPSA) is 0 Å². The highest BCUT2D eigenvalue weighted by Gasteiger charge is 1.88. The predicted molar refractivity (Wildman–Crippen MR) is 73.5 cm³/mol. The second-order valence-corrected chi connectivity index (χ2v) is 4.37. The fourth-order valence-corrected chi connectivity index (χ4v) is 1.83. The Morgan fingerprint density at radius 1 is 0.875 bits per heavy atom. The molecule has 1 rings (SSSR count). The maximum absolute atomic E-state index is 2.30. The Morgan fingerprint density at radius 3 is 2.31 bits per heavy atom. The van der Waals surface area contributed by atoms with Gasteiger partial charge >= 0.3 is 0 Å². The van der Waals surface area contributed by atoms with Crippen LogP contribution in [0.1, 0.15) is 57.4 Å². The van der Waals surface area contributed by atoms with Gasteiger partial charge in [-0.05, 0) is 18.4 Å². The van der Waals surface area contributed by atoms with Crippen LogP contribution in [0.5, 0.6) is 0 Å². The van der Waals surface area contributed by atoms with Crippen molar-refractivity contribution < 1.29 is 0 Å². The lowest BCUT2D eigenvalue weighted by Gasteiger charge is -1.97. The minimum Gasteiger partial charge on any atom is -0.0839 e. The highest BCUT2D eigenvalue weighted by Crippen LogP contribution is 2.08. The molecular weight excluding hydrogens is 192 g/mol. The minimum absolute atomic E-state index is 1.22.